The molecule has 1 fully saturated rings. The minimum absolute atomic E-state index is 0.162. The molecular formula is C20H22N4O8S. The van der Waals surface area contributed by atoms with E-state index in [1.165, 1.54) is 32.4 Å². The highest BCUT2D eigenvalue weighted by molar-refractivity contribution is 7.80. The summed E-state index contributed by atoms with van der Waals surface area (Å²) < 4.78 is 15.1. The molecule has 0 bridgehead atoms. The first-order chi connectivity index (χ1) is 15.7. The average Bonchev–Trinajstić information content (AvgIpc) is 3.25. The van der Waals surface area contributed by atoms with E-state index < -0.39 is 47.1 Å². The van der Waals surface area contributed by atoms with E-state index in [0.29, 0.717) is 5.71 Å². The molecule has 13 heteroatoms. The molecule has 3 rings (SSSR count). The van der Waals surface area contributed by atoms with Crippen molar-refractivity contribution in [2.45, 2.75) is 31.5 Å². The fourth-order valence-corrected chi connectivity index (χ4v) is 4.20. The van der Waals surface area contributed by atoms with Gasteiger partial charge < -0.3 is 19.5 Å². The topological polar surface area (TPSA) is 150 Å². The Morgan fingerprint density at radius 3 is 2.58 bits per heavy atom. The number of carbonyl (C=O) groups is 3. The van der Waals surface area contributed by atoms with E-state index >= 15 is 0 Å². The van der Waals surface area contributed by atoms with Gasteiger partial charge in [0, 0.05) is 30.8 Å². The fourth-order valence-electron chi connectivity index (χ4n) is 3.87. The highest BCUT2D eigenvalue weighted by atomic mass is 32.1. The van der Waals surface area contributed by atoms with E-state index in [1.807, 2.05) is 0 Å². The van der Waals surface area contributed by atoms with Gasteiger partial charge in [-0.25, -0.2) is 14.7 Å². The molecule has 0 aromatic heterocycles. The summed E-state index contributed by atoms with van der Waals surface area (Å²) in [4.78, 5) is 53.4. The number of hydrogen-bond donors (Lipinski definition) is 1. The molecule has 1 saturated heterocycles. The first kappa shape index (κ1) is 24.2. The van der Waals surface area contributed by atoms with E-state index in [0.717, 1.165) is 4.90 Å². The molecule has 3 unspecified atom stereocenters. The first-order valence-electron chi connectivity index (χ1n) is 9.90. The lowest BCUT2D eigenvalue weighted by Gasteiger charge is -2.38. The van der Waals surface area contributed by atoms with Gasteiger partial charge in [0.15, 0.2) is 0 Å². The Hall–Kier alpha value is -3.45. The monoisotopic (exact) mass is 478 g/mol. The number of aliphatic imine (C=N–C) groups is 1. The number of non-ortho nitro benzene ring substituents is 1. The lowest BCUT2D eigenvalue weighted by molar-refractivity contribution is -0.385. The van der Waals surface area contributed by atoms with Crippen LogP contribution in [0, 0.1) is 16.0 Å². The zero-order chi connectivity index (χ0) is 24.3. The number of carbonyl (C=O) groups excluding carboxylic acids is 3. The van der Waals surface area contributed by atoms with E-state index in [9.17, 15) is 24.5 Å². The third kappa shape index (κ3) is 4.98. The largest absolute Gasteiger partial charge is 0.468 e. The number of esters is 2. The second kappa shape index (κ2) is 10.0. The predicted octanol–water partition coefficient (Wildman–Crippen LogP) is 1.53. The van der Waals surface area contributed by atoms with Gasteiger partial charge in [-0.3, -0.25) is 19.7 Å². The molecule has 176 valence electrons. The van der Waals surface area contributed by atoms with Crippen molar-refractivity contribution in [1.82, 2.24) is 10.2 Å². The predicted molar refractivity (Wildman–Crippen MR) is 118 cm³/mol. The minimum Gasteiger partial charge on any atom is -0.468 e. The molecule has 0 aliphatic carbocycles. The summed E-state index contributed by atoms with van der Waals surface area (Å²) in [6.07, 6.45) is -1.39. The van der Waals surface area contributed by atoms with Crippen molar-refractivity contribution in [3.63, 3.8) is 0 Å². The van der Waals surface area contributed by atoms with Crippen LogP contribution < -0.4 is 5.32 Å². The summed E-state index contributed by atoms with van der Waals surface area (Å²) in [5.74, 6) is -2.25. The molecule has 1 N–H and O–H groups in total. The Balaban J connectivity index is 1.96. The van der Waals surface area contributed by atoms with E-state index in [4.69, 9.17) is 26.4 Å². The van der Waals surface area contributed by atoms with Crippen molar-refractivity contribution < 1.29 is 33.5 Å². The number of rotatable bonds is 5. The number of benzene rings is 1. The third-order valence-corrected chi connectivity index (χ3v) is 5.73. The molecule has 1 aromatic carbocycles. The molecule has 0 radical (unpaired) electrons. The minimum atomic E-state index is -1.08. The standard InChI is InChI=1S/C20H22N4O8S/c1-10-15(18(26)31-3)16(11-5-4-6-12(7-11)24(28)29)23(19(33)22-10)20(27)32-13-8-14(21-9-13)17(25)30-2/h4-7,13-16,21H,8-9H2,1-3H3/t13?,14-,15?,16?/m0/s1. The molecule has 2 aliphatic rings. The normalized spacial score (nSPS) is 24.6. The smallest absolute Gasteiger partial charge is 0.417 e. The van der Waals surface area contributed by atoms with Crippen LogP contribution in [0.15, 0.2) is 29.3 Å². The molecule has 33 heavy (non-hydrogen) atoms. The van der Waals surface area contributed by atoms with Gasteiger partial charge in [0.25, 0.3) is 5.69 Å². The summed E-state index contributed by atoms with van der Waals surface area (Å²) in [6.45, 7) is 1.76. The maximum atomic E-state index is 13.2. The first-order valence-corrected chi connectivity index (χ1v) is 10.3. The van der Waals surface area contributed by atoms with Crippen LogP contribution in [0.3, 0.4) is 0 Å². The fraction of sp³-hybridized carbons (Fsp3) is 0.450. The highest BCUT2D eigenvalue weighted by Gasteiger charge is 2.46. The molecule has 2 heterocycles. The Labute approximate surface area is 194 Å². The van der Waals surface area contributed by atoms with Gasteiger partial charge in [-0.2, -0.15) is 0 Å². The number of nitro groups is 1. The van der Waals surface area contributed by atoms with Gasteiger partial charge in [-0.05, 0) is 24.7 Å². The van der Waals surface area contributed by atoms with Crippen LogP contribution in [-0.4, -0.2) is 71.6 Å². The Morgan fingerprint density at radius 1 is 1.24 bits per heavy atom. The molecule has 0 spiro atoms. The van der Waals surface area contributed by atoms with Gasteiger partial charge >= 0.3 is 18.0 Å². The number of ether oxygens (including phenoxy) is 3. The molecule has 12 nitrogen and oxygen atoms in total. The van der Waals surface area contributed by atoms with Crippen LogP contribution in [0.25, 0.3) is 0 Å². The van der Waals surface area contributed by atoms with Crippen molar-refractivity contribution in [1.29, 1.82) is 0 Å². The number of hydrogen-bond acceptors (Lipinski definition) is 10. The number of amides is 1. The quantitative estimate of drug-likeness (QED) is 0.217. The summed E-state index contributed by atoms with van der Waals surface area (Å²) in [6, 6.07) is 3.82. The van der Waals surface area contributed by atoms with Gasteiger partial charge in [-0.15, -0.1) is 0 Å². The second-order valence-electron chi connectivity index (χ2n) is 7.43. The van der Waals surface area contributed by atoms with E-state index in [2.05, 4.69) is 10.3 Å². The van der Waals surface area contributed by atoms with Crippen LogP contribution in [0.1, 0.15) is 24.9 Å². The second-order valence-corrected chi connectivity index (χ2v) is 7.79. The maximum Gasteiger partial charge on any atom is 0.417 e. The maximum absolute atomic E-state index is 13.2. The van der Waals surface area contributed by atoms with Gasteiger partial charge in [0.2, 0.25) is 5.11 Å². The third-order valence-electron chi connectivity index (χ3n) is 5.44. The van der Waals surface area contributed by atoms with Crippen molar-refractivity contribution in [3.05, 3.63) is 39.9 Å². The Morgan fingerprint density at radius 2 is 1.94 bits per heavy atom. The van der Waals surface area contributed by atoms with Crippen molar-refractivity contribution >= 4 is 46.8 Å². The van der Waals surface area contributed by atoms with Crippen molar-refractivity contribution in [2.24, 2.45) is 10.9 Å². The van der Waals surface area contributed by atoms with Crippen LogP contribution in [0.4, 0.5) is 10.5 Å². The number of methoxy groups -OCH3 is 2. The van der Waals surface area contributed by atoms with Crippen molar-refractivity contribution in [2.75, 3.05) is 20.8 Å². The summed E-state index contributed by atoms with van der Waals surface area (Å²) in [5, 5.41) is 14.0. The van der Waals surface area contributed by atoms with Gasteiger partial charge in [-0.1, -0.05) is 12.1 Å². The summed E-state index contributed by atoms with van der Waals surface area (Å²) in [7, 11) is 2.44. The number of nitrogens with one attached hydrogen (secondary N) is 1. The Bertz CT molecular complexity index is 1030. The van der Waals surface area contributed by atoms with Crippen LogP contribution in [0.2, 0.25) is 0 Å². The average molecular weight is 478 g/mol. The molecule has 2 aliphatic heterocycles. The Kier molecular flexibility index (Phi) is 7.33. The molecular weight excluding hydrogens is 456 g/mol. The van der Waals surface area contributed by atoms with Gasteiger partial charge in [0.05, 0.1) is 25.2 Å². The number of thiocarbonyl (C=S) groups is 1. The van der Waals surface area contributed by atoms with Crippen LogP contribution >= 0.6 is 12.2 Å². The van der Waals surface area contributed by atoms with E-state index in [1.54, 1.807) is 13.0 Å². The zero-order valence-corrected chi connectivity index (χ0v) is 18.9. The molecule has 0 saturated carbocycles. The van der Waals surface area contributed by atoms with Gasteiger partial charge in [0.1, 0.15) is 18.1 Å². The number of nitrogens with zero attached hydrogens (tertiary/aromatic N) is 3. The number of nitro benzene ring substituents is 1. The van der Waals surface area contributed by atoms with Crippen LogP contribution in [-0.2, 0) is 23.8 Å². The molecule has 1 amide bonds. The lowest BCUT2D eigenvalue weighted by Crippen LogP contribution is -2.50. The van der Waals surface area contributed by atoms with Crippen molar-refractivity contribution in [3.8, 4) is 0 Å². The summed E-state index contributed by atoms with van der Waals surface area (Å²) in [5.41, 5.74) is 0.349. The molecule has 1 aromatic rings. The zero-order valence-electron chi connectivity index (χ0n) is 18.0. The molecule has 4 atom stereocenters. The van der Waals surface area contributed by atoms with Crippen LogP contribution in [0.5, 0.6) is 0 Å². The van der Waals surface area contributed by atoms with E-state index in [-0.39, 0.29) is 29.3 Å². The summed E-state index contributed by atoms with van der Waals surface area (Å²) >= 11 is 5.30. The SMILES string of the molecule is COC(=O)C1C(C)=NC(=S)N(C(=O)OC2CN[C@H](C(=O)OC)C2)C1c1cccc([N+](=O)[O-])c1. The lowest BCUT2D eigenvalue weighted by atomic mass is 9.87. The highest BCUT2D eigenvalue weighted by Crippen LogP contribution is 2.37.